The lowest BCUT2D eigenvalue weighted by Gasteiger charge is -2.19. The number of amides is 2. The average molecular weight is 381 g/mol. The Bertz CT molecular complexity index is 550. The van der Waals surface area contributed by atoms with Gasteiger partial charge in [0.05, 0.1) is 6.10 Å². The molecule has 0 aliphatic carbocycles. The van der Waals surface area contributed by atoms with E-state index in [0.29, 0.717) is 18.7 Å². The van der Waals surface area contributed by atoms with Gasteiger partial charge in [-0.25, -0.2) is 0 Å². The molecule has 2 atom stereocenters. The first-order valence-electron chi connectivity index (χ1n) is 9.04. The molecule has 0 radical (unpaired) electrons. The van der Waals surface area contributed by atoms with Crippen molar-refractivity contribution >= 4 is 23.6 Å². The average Bonchev–Trinajstić information content (AvgIpc) is 3.17. The van der Waals surface area contributed by atoms with E-state index < -0.39 is 6.04 Å². The lowest BCUT2D eigenvalue weighted by atomic mass is 10.1. The van der Waals surface area contributed by atoms with E-state index >= 15 is 0 Å². The number of hydrogen-bond acceptors (Lipinski definition) is 5. The summed E-state index contributed by atoms with van der Waals surface area (Å²) in [6.45, 7) is 1.27. The normalized spacial score (nSPS) is 17.5. The number of para-hydroxylation sites is 1. The predicted molar refractivity (Wildman–Crippen MR) is 103 cm³/mol. The number of benzene rings is 1. The first-order valence-corrected chi connectivity index (χ1v) is 10.4. The SMILES string of the molecule is CSCCC(NC(=O)COc1ccccc1)C(=O)NCCC1CCCO1. The van der Waals surface area contributed by atoms with Crippen molar-refractivity contribution in [2.75, 3.05) is 31.8 Å². The van der Waals surface area contributed by atoms with Crippen molar-refractivity contribution in [2.45, 2.75) is 37.8 Å². The van der Waals surface area contributed by atoms with Crippen LogP contribution in [0.1, 0.15) is 25.7 Å². The monoisotopic (exact) mass is 380 g/mol. The number of carbonyl (C=O) groups excluding carboxylic acids is 2. The number of ether oxygens (including phenoxy) is 2. The molecule has 1 aromatic carbocycles. The maximum absolute atomic E-state index is 12.4. The maximum Gasteiger partial charge on any atom is 0.258 e. The Hall–Kier alpha value is -1.73. The number of nitrogens with one attached hydrogen (secondary N) is 2. The van der Waals surface area contributed by atoms with Crippen LogP contribution in [0.2, 0.25) is 0 Å². The minimum Gasteiger partial charge on any atom is -0.484 e. The quantitative estimate of drug-likeness (QED) is 0.614. The highest BCUT2D eigenvalue weighted by Gasteiger charge is 2.21. The number of hydrogen-bond donors (Lipinski definition) is 2. The minimum absolute atomic E-state index is 0.108. The summed E-state index contributed by atoms with van der Waals surface area (Å²) in [5.41, 5.74) is 0. The van der Waals surface area contributed by atoms with Crippen LogP contribution in [-0.2, 0) is 14.3 Å². The van der Waals surface area contributed by atoms with Crippen molar-refractivity contribution in [1.29, 1.82) is 0 Å². The van der Waals surface area contributed by atoms with E-state index in [1.54, 1.807) is 23.9 Å². The smallest absolute Gasteiger partial charge is 0.258 e. The fourth-order valence-corrected chi connectivity index (χ4v) is 3.23. The van der Waals surface area contributed by atoms with E-state index in [9.17, 15) is 9.59 Å². The van der Waals surface area contributed by atoms with E-state index in [-0.39, 0.29) is 24.5 Å². The Balaban J connectivity index is 1.74. The summed E-state index contributed by atoms with van der Waals surface area (Å²) in [6, 6.07) is 8.60. The molecule has 1 fully saturated rings. The second-order valence-corrected chi connectivity index (χ2v) is 7.20. The van der Waals surface area contributed by atoms with Crippen LogP contribution in [0.4, 0.5) is 0 Å². The van der Waals surface area contributed by atoms with Gasteiger partial charge in [-0.2, -0.15) is 11.8 Å². The Morgan fingerprint density at radius 1 is 1.35 bits per heavy atom. The first-order chi connectivity index (χ1) is 12.7. The van der Waals surface area contributed by atoms with Gasteiger partial charge in [-0.15, -0.1) is 0 Å². The number of rotatable bonds is 11. The Labute approximate surface area is 159 Å². The summed E-state index contributed by atoms with van der Waals surface area (Å²) in [5, 5.41) is 5.69. The van der Waals surface area contributed by atoms with Crippen LogP contribution in [0.5, 0.6) is 5.75 Å². The summed E-state index contributed by atoms with van der Waals surface area (Å²) in [6.07, 6.45) is 5.77. The van der Waals surface area contributed by atoms with Crippen molar-refractivity contribution in [1.82, 2.24) is 10.6 Å². The fourth-order valence-electron chi connectivity index (χ4n) is 2.76. The topological polar surface area (TPSA) is 76.7 Å². The highest BCUT2D eigenvalue weighted by Crippen LogP contribution is 2.14. The zero-order valence-corrected chi connectivity index (χ0v) is 16.1. The standard InChI is InChI=1S/C19H28N2O4S/c1-26-13-10-17(19(23)20-11-9-16-8-5-12-24-16)21-18(22)14-25-15-6-3-2-4-7-15/h2-4,6-7,16-17H,5,8-14H2,1H3,(H,20,23)(H,21,22). The van der Waals surface area contributed by atoms with Gasteiger partial charge >= 0.3 is 0 Å². The fraction of sp³-hybridized carbons (Fsp3) is 0.579. The van der Waals surface area contributed by atoms with Gasteiger partial charge in [0.15, 0.2) is 6.61 Å². The predicted octanol–water partition coefficient (Wildman–Crippen LogP) is 1.99. The van der Waals surface area contributed by atoms with Gasteiger partial charge in [-0.1, -0.05) is 18.2 Å². The van der Waals surface area contributed by atoms with Gasteiger partial charge in [-0.3, -0.25) is 9.59 Å². The summed E-state index contributed by atoms with van der Waals surface area (Å²) in [4.78, 5) is 24.6. The Morgan fingerprint density at radius 2 is 2.15 bits per heavy atom. The molecule has 1 aliphatic heterocycles. The summed E-state index contributed by atoms with van der Waals surface area (Å²) in [5.74, 6) is 0.979. The van der Waals surface area contributed by atoms with Gasteiger partial charge in [0.25, 0.3) is 5.91 Å². The second-order valence-electron chi connectivity index (χ2n) is 6.22. The van der Waals surface area contributed by atoms with Crippen LogP contribution >= 0.6 is 11.8 Å². The van der Waals surface area contributed by atoms with Crippen LogP contribution in [0, 0.1) is 0 Å². The first kappa shape index (κ1) is 20.6. The number of carbonyl (C=O) groups is 2. The third-order valence-electron chi connectivity index (χ3n) is 4.17. The van der Waals surface area contributed by atoms with Gasteiger partial charge in [-0.05, 0) is 49.8 Å². The van der Waals surface area contributed by atoms with Gasteiger partial charge in [0.2, 0.25) is 5.91 Å². The number of thioether (sulfide) groups is 1. The Morgan fingerprint density at radius 3 is 2.85 bits per heavy atom. The van der Waals surface area contributed by atoms with Crippen molar-refractivity contribution in [3.63, 3.8) is 0 Å². The maximum atomic E-state index is 12.4. The van der Waals surface area contributed by atoms with E-state index in [4.69, 9.17) is 9.47 Å². The summed E-state index contributed by atoms with van der Waals surface area (Å²) >= 11 is 1.65. The molecule has 2 unspecified atom stereocenters. The molecule has 0 spiro atoms. The highest BCUT2D eigenvalue weighted by molar-refractivity contribution is 7.98. The molecule has 6 nitrogen and oxygen atoms in total. The second kappa shape index (κ2) is 11.8. The van der Waals surface area contributed by atoms with Crippen molar-refractivity contribution in [3.8, 4) is 5.75 Å². The molecule has 26 heavy (non-hydrogen) atoms. The van der Waals surface area contributed by atoms with Crippen LogP contribution in [0.15, 0.2) is 30.3 Å². The molecular weight excluding hydrogens is 352 g/mol. The van der Waals surface area contributed by atoms with Gasteiger partial charge in [0.1, 0.15) is 11.8 Å². The van der Waals surface area contributed by atoms with Crippen LogP contribution in [0.3, 0.4) is 0 Å². The van der Waals surface area contributed by atoms with Crippen molar-refractivity contribution in [2.24, 2.45) is 0 Å². The third kappa shape index (κ3) is 7.66. The largest absolute Gasteiger partial charge is 0.484 e. The molecule has 0 bridgehead atoms. The van der Waals surface area contributed by atoms with Crippen LogP contribution in [-0.4, -0.2) is 55.7 Å². The molecule has 2 rings (SSSR count). The van der Waals surface area contributed by atoms with Crippen LogP contribution < -0.4 is 15.4 Å². The summed E-state index contributed by atoms with van der Waals surface area (Å²) < 4.78 is 11.0. The highest BCUT2D eigenvalue weighted by atomic mass is 32.2. The molecule has 7 heteroatoms. The zero-order valence-electron chi connectivity index (χ0n) is 15.2. The minimum atomic E-state index is -0.543. The molecular formula is C19H28N2O4S. The van der Waals surface area contributed by atoms with Crippen molar-refractivity contribution in [3.05, 3.63) is 30.3 Å². The van der Waals surface area contributed by atoms with E-state index in [1.165, 1.54) is 0 Å². The molecule has 2 N–H and O–H groups in total. The van der Waals surface area contributed by atoms with Crippen LogP contribution in [0.25, 0.3) is 0 Å². The van der Waals surface area contributed by atoms with Gasteiger partial charge in [0, 0.05) is 13.2 Å². The zero-order chi connectivity index (χ0) is 18.6. The molecule has 1 aliphatic rings. The third-order valence-corrected chi connectivity index (χ3v) is 4.81. The molecule has 1 saturated heterocycles. The van der Waals surface area contributed by atoms with E-state index in [2.05, 4.69) is 10.6 Å². The molecule has 1 aromatic rings. The molecule has 0 saturated carbocycles. The Kier molecular flexibility index (Phi) is 9.34. The molecule has 144 valence electrons. The molecule has 1 heterocycles. The van der Waals surface area contributed by atoms with Crippen molar-refractivity contribution < 1.29 is 19.1 Å². The van der Waals surface area contributed by atoms with E-state index in [0.717, 1.165) is 31.6 Å². The lowest BCUT2D eigenvalue weighted by molar-refractivity contribution is -0.130. The lowest BCUT2D eigenvalue weighted by Crippen LogP contribution is -2.48. The molecule has 2 amide bonds. The van der Waals surface area contributed by atoms with Gasteiger partial charge < -0.3 is 20.1 Å². The molecule has 0 aromatic heterocycles. The summed E-state index contributed by atoms with van der Waals surface area (Å²) in [7, 11) is 0. The van der Waals surface area contributed by atoms with E-state index in [1.807, 2.05) is 24.5 Å².